The van der Waals surface area contributed by atoms with Crippen molar-refractivity contribution in [2.75, 3.05) is 45.2 Å². The van der Waals surface area contributed by atoms with Gasteiger partial charge in [0.2, 0.25) is 0 Å². The van der Waals surface area contributed by atoms with Gasteiger partial charge in [0.1, 0.15) is 5.75 Å². The number of nitrogens with one attached hydrogen (secondary N) is 1. The molecule has 2 aromatic rings. The summed E-state index contributed by atoms with van der Waals surface area (Å²) in [6.07, 6.45) is 0.957. The van der Waals surface area contributed by atoms with Gasteiger partial charge in [-0.25, -0.2) is 4.79 Å². The zero-order valence-corrected chi connectivity index (χ0v) is 16.5. The average Bonchev–Trinajstić information content (AvgIpc) is 2.70. The summed E-state index contributed by atoms with van der Waals surface area (Å²) in [5.74, 6) is 0.948. The molecule has 144 valence electrons. The Kier molecular flexibility index (Phi) is 6.35. The second kappa shape index (κ2) is 8.91. The van der Waals surface area contributed by atoms with E-state index >= 15 is 0 Å². The molecule has 5 nitrogen and oxygen atoms in total. The van der Waals surface area contributed by atoms with Gasteiger partial charge < -0.3 is 15.0 Å². The lowest BCUT2D eigenvalue weighted by atomic mass is 10.1. The Labute approximate surface area is 161 Å². The van der Waals surface area contributed by atoms with Crippen molar-refractivity contribution in [3.8, 4) is 5.75 Å². The van der Waals surface area contributed by atoms with Crippen LogP contribution < -0.4 is 10.1 Å². The molecular weight excluding hydrogens is 338 g/mol. The summed E-state index contributed by atoms with van der Waals surface area (Å²) in [7, 11) is 1.71. The highest BCUT2D eigenvalue weighted by atomic mass is 16.5. The molecule has 2 aromatic carbocycles. The SMILES string of the molecule is COc1ccccc1CCN1CCN(C(=O)Nc2cccc(C)c2C)CC1. The summed E-state index contributed by atoms with van der Waals surface area (Å²) >= 11 is 0. The van der Waals surface area contributed by atoms with Crippen LogP contribution in [0.15, 0.2) is 42.5 Å². The number of carbonyl (C=O) groups excluding carboxylic acids is 1. The van der Waals surface area contributed by atoms with E-state index in [2.05, 4.69) is 29.3 Å². The number of benzene rings is 2. The number of anilines is 1. The van der Waals surface area contributed by atoms with E-state index in [1.807, 2.05) is 42.2 Å². The number of piperazine rings is 1. The second-order valence-corrected chi connectivity index (χ2v) is 7.07. The maximum absolute atomic E-state index is 12.6. The van der Waals surface area contributed by atoms with Crippen molar-refractivity contribution < 1.29 is 9.53 Å². The molecule has 27 heavy (non-hydrogen) atoms. The van der Waals surface area contributed by atoms with Gasteiger partial charge in [-0.1, -0.05) is 30.3 Å². The van der Waals surface area contributed by atoms with Gasteiger partial charge in [-0.3, -0.25) is 4.90 Å². The normalized spacial score (nSPS) is 14.9. The summed E-state index contributed by atoms with van der Waals surface area (Å²) < 4.78 is 5.43. The highest BCUT2D eigenvalue weighted by Crippen LogP contribution is 2.20. The molecule has 0 aromatic heterocycles. The Balaban J connectivity index is 1.48. The monoisotopic (exact) mass is 367 g/mol. The van der Waals surface area contributed by atoms with E-state index in [9.17, 15) is 4.79 Å². The van der Waals surface area contributed by atoms with Crippen molar-refractivity contribution in [3.63, 3.8) is 0 Å². The van der Waals surface area contributed by atoms with Crippen molar-refractivity contribution in [3.05, 3.63) is 59.2 Å². The third-order valence-electron chi connectivity index (χ3n) is 5.40. The molecule has 0 saturated carbocycles. The summed E-state index contributed by atoms with van der Waals surface area (Å²) in [6, 6.07) is 14.2. The first-order valence-electron chi connectivity index (χ1n) is 9.55. The molecule has 3 rings (SSSR count). The number of carbonyl (C=O) groups is 1. The minimum absolute atomic E-state index is 0.00641. The predicted molar refractivity (Wildman–Crippen MR) is 110 cm³/mol. The van der Waals surface area contributed by atoms with Crippen LogP contribution >= 0.6 is 0 Å². The number of urea groups is 1. The number of para-hydroxylation sites is 1. The van der Waals surface area contributed by atoms with Crippen LogP contribution in [0.3, 0.4) is 0 Å². The molecule has 0 aliphatic carbocycles. The number of aryl methyl sites for hydroxylation is 1. The third kappa shape index (κ3) is 4.80. The van der Waals surface area contributed by atoms with Crippen LogP contribution in [0.1, 0.15) is 16.7 Å². The molecule has 0 radical (unpaired) electrons. The summed E-state index contributed by atoms with van der Waals surface area (Å²) in [5, 5.41) is 3.06. The Bertz CT molecular complexity index is 783. The maximum Gasteiger partial charge on any atom is 0.321 e. The van der Waals surface area contributed by atoms with Gasteiger partial charge in [-0.05, 0) is 49.1 Å². The molecule has 0 unspecified atom stereocenters. The minimum Gasteiger partial charge on any atom is -0.496 e. The van der Waals surface area contributed by atoms with Crippen LogP contribution in [0.2, 0.25) is 0 Å². The Hall–Kier alpha value is -2.53. The summed E-state index contributed by atoms with van der Waals surface area (Å²) in [4.78, 5) is 16.9. The van der Waals surface area contributed by atoms with E-state index in [4.69, 9.17) is 4.74 Å². The Morgan fingerprint density at radius 2 is 1.78 bits per heavy atom. The van der Waals surface area contributed by atoms with E-state index in [-0.39, 0.29) is 6.03 Å². The fourth-order valence-electron chi connectivity index (χ4n) is 3.44. The fraction of sp³-hybridized carbons (Fsp3) is 0.409. The van der Waals surface area contributed by atoms with Gasteiger partial charge in [0.05, 0.1) is 7.11 Å². The molecule has 1 saturated heterocycles. The number of methoxy groups -OCH3 is 1. The van der Waals surface area contributed by atoms with Crippen molar-refractivity contribution in [1.29, 1.82) is 0 Å². The molecule has 1 fully saturated rings. The highest BCUT2D eigenvalue weighted by molar-refractivity contribution is 5.90. The smallest absolute Gasteiger partial charge is 0.321 e. The van der Waals surface area contributed by atoms with Crippen molar-refractivity contribution in [1.82, 2.24) is 9.80 Å². The van der Waals surface area contributed by atoms with Crippen LogP contribution in [0.5, 0.6) is 5.75 Å². The Morgan fingerprint density at radius 3 is 2.52 bits per heavy atom. The van der Waals surface area contributed by atoms with Crippen molar-refractivity contribution in [2.45, 2.75) is 20.3 Å². The van der Waals surface area contributed by atoms with Crippen molar-refractivity contribution in [2.24, 2.45) is 0 Å². The molecule has 5 heteroatoms. The Morgan fingerprint density at radius 1 is 1.04 bits per heavy atom. The topological polar surface area (TPSA) is 44.8 Å². The van der Waals surface area contributed by atoms with Crippen LogP contribution in [-0.4, -0.2) is 55.7 Å². The number of nitrogens with zero attached hydrogens (tertiary/aromatic N) is 2. The first kappa shape index (κ1) is 19.2. The summed E-state index contributed by atoms with van der Waals surface area (Å²) in [6.45, 7) is 8.38. The third-order valence-corrected chi connectivity index (χ3v) is 5.40. The molecule has 0 spiro atoms. The predicted octanol–water partition coefficient (Wildman–Crippen LogP) is 3.70. The molecule has 0 atom stereocenters. The lowest BCUT2D eigenvalue weighted by Crippen LogP contribution is -2.50. The molecule has 2 amide bonds. The molecule has 1 aliphatic rings. The number of rotatable bonds is 5. The zero-order chi connectivity index (χ0) is 19.2. The fourth-order valence-corrected chi connectivity index (χ4v) is 3.44. The molecule has 1 N–H and O–H groups in total. The summed E-state index contributed by atoms with van der Waals surface area (Å²) in [5.41, 5.74) is 4.45. The van der Waals surface area contributed by atoms with Gasteiger partial charge in [0.25, 0.3) is 0 Å². The van der Waals surface area contributed by atoms with Crippen LogP contribution in [0.25, 0.3) is 0 Å². The van der Waals surface area contributed by atoms with Crippen molar-refractivity contribution >= 4 is 11.7 Å². The van der Waals surface area contributed by atoms with Gasteiger partial charge in [0, 0.05) is 38.4 Å². The van der Waals surface area contributed by atoms with Gasteiger partial charge >= 0.3 is 6.03 Å². The van der Waals surface area contributed by atoms with Crippen LogP contribution in [0.4, 0.5) is 10.5 Å². The zero-order valence-electron chi connectivity index (χ0n) is 16.5. The lowest BCUT2D eigenvalue weighted by molar-refractivity contribution is 0.148. The quantitative estimate of drug-likeness (QED) is 0.876. The van der Waals surface area contributed by atoms with Gasteiger partial charge in [-0.2, -0.15) is 0 Å². The van der Waals surface area contributed by atoms with E-state index in [1.54, 1.807) is 7.11 Å². The first-order valence-corrected chi connectivity index (χ1v) is 9.55. The molecule has 1 heterocycles. The number of ether oxygens (including phenoxy) is 1. The van der Waals surface area contributed by atoms with E-state index in [0.29, 0.717) is 0 Å². The van der Waals surface area contributed by atoms with E-state index in [0.717, 1.165) is 56.1 Å². The molecule has 1 aliphatic heterocycles. The van der Waals surface area contributed by atoms with Crippen LogP contribution in [0, 0.1) is 13.8 Å². The highest BCUT2D eigenvalue weighted by Gasteiger charge is 2.21. The number of hydrogen-bond donors (Lipinski definition) is 1. The molecular formula is C22H29N3O2. The minimum atomic E-state index is -0.00641. The van der Waals surface area contributed by atoms with Gasteiger partial charge in [0.15, 0.2) is 0 Å². The first-order chi connectivity index (χ1) is 13.1. The second-order valence-electron chi connectivity index (χ2n) is 7.07. The van der Waals surface area contributed by atoms with E-state index < -0.39 is 0 Å². The van der Waals surface area contributed by atoms with Gasteiger partial charge in [-0.15, -0.1) is 0 Å². The average molecular weight is 367 g/mol. The number of hydrogen-bond acceptors (Lipinski definition) is 3. The molecule has 0 bridgehead atoms. The number of amides is 2. The van der Waals surface area contributed by atoms with Crippen LogP contribution in [-0.2, 0) is 6.42 Å². The largest absolute Gasteiger partial charge is 0.496 e. The van der Waals surface area contributed by atoms with E-state index in [1.165, 1.54) is 11.1 Å². The maximum atomic E-state index is 12.6. The lowest BCUT2D eigenvalue weighted by Gasteiger charge is -2.34. The standard InChI is InChI=1S/C22H29N3O2/c1-17-7-6-9-20(18(17)2)23-22(26)25-15-13-24(14-16-25)12-11-19-8-4-5-10-21(19)27-3/h4-10H,11-16H2,1-3H3,(H,23,26).